The number of fused-ring (bicyclic) bond motifs is 1. The summed E-state index contributed by atoms with van der Waals surface area (Å²) in [5.41, 5.74) is 7.69. The first kappa shape index (κ1) is 13.0. The number of hydrogen-bond acceptors (Lipinski definition) is 4. The molecular formula is C15H11FN4O. The van der Waals surface area contributed by atoms with E-state index in [0.717, 1.165) is 6.07 Å². The van der Waals surface area contributed by atoms with Crippen molar-refractivity contribution >= 4 is 28.3 Å². The summed E-state index contributed by atoms with van der Waals surface area (Å²) in [4.78, 5) is 20.6. The molecule has 0 aliphatic rings. The van der Waals surface area contributed by atoms with Crippen LogP contribution in [0.2, 0.25) is 0 Å². The Kier molecular flexibility index (Phi) is 3.19. The topological polar surface area (TPSA) is 80.9 Å². The number of carbonyl (C=O) groups is 1. The van der Waals surface area contributed by atoms with Gasteiger partial charge in [-0.05, 0) is 30.3 Å². The highest BCUT2D eigenvalue weighted by Crippen LogP contribution is 2.21. The number of halogens is 1. The number of aromatic nitrogens is 2. The fourth-order valence-corrected chi connectivity index (χ4v) is 2.01. The molecule has 0 saturated carbocycles. The number of nitrogens with zero attached hydrogens (tertiary/aromatic N) is 2. The first-order chi connectivity index (χ1) is 10.1. The summed E-state index contributed by atoms with van der Waals surface area (Å²) in [5, 5.41) is 2.65. The highest BCUT2D eigenvalue weighted by molar-refractivity contribution is 6.12. The second-order valence-electron chi connectivity index (χ2n) is 4.42. The third kappa shape index (κ3) is 2.51. The molecule has 1 aromatic heterocycles. The summed E-state index contributed by atoms with van der Waals surface area (Å²) in [7, 11) is 0. The zero-order chi connectivity index (χ0) is 14.8. The quantitative estimate of drug-likeness (QED) is 0.708. The molecule has 0 radical (unpaired) electrons. The zero-order valence-electron chi connectivity index (χ0n) is 10.9. The average molecular weight is 282 g/mol. The molecule has 0 atom stereocenters. The molecule has 0 fully saturated rings. The van der Waals surface area contributed by atoms with Crippen LogP contribution < -0.4 is 11.1 Å². The molecule has 6 heteroatoms. The first-order valence-corrected chi connectivity index (χ1v) is 6.21. The van der Waals surface area contributed by atoms with Crippen LogP contribution in [-0.4, -0.2) is 15.9 Å². The summed E-state index contributed by atoms with van der Waals surface area (Å²) < 4.78 is 13.0. The summed E-state index contributed by atoms with van der Waals surface area (Å²) in [6.45, 7) is 0. The smallest absolute Gasteiger partial charge is 0.257 e. The Bertz CT molecular complexity index is 830. The Morgan fingerprint density at radius 2 is 1.95 bits per heavy atom. The lowest BCUT2D eigenvalue weighted by Gasteiger charge is -2.09. The molecule has 2 aromatic carbocycles. The van der Waals surface area contributed by atoms with Crippen LogP contribution in [-0.2, 0) is 0 Å². The number of anilines is 2. The van der Waals surface area contributed by atoms with Crippen molar-refractivity contribution in [1.82, 2.24) is 9.97 Å². The summed E-state index contributed by atoms with van der Waals surface area (Å²) in [6, 6.07) is 8.93. The van der Waals surface area contributed by atoms with Gasteiger partial charge in [0.2, 0.25) is 0 Å². The summed E-state index contributed by atoms with van der Waals surface area (Å²) >= 11 is 0. The number of benzene rings is 2. The first-order valence-electron chi connectivity index (χ1n) is 6.21. The monoisotopic (exact) mass is 282 g/mol. The van der Waals surface area contributed by atoms with Crippen molar-refractivity contribution in [3.8, 4) is 0 Å². The molecule has 1 heterocycles. The summed E-state index contributed by atoms with van der Waals surface area (Å²) in [6.07, 6.45) is 3.08. The third-order valence-electron chi connectivity index (χ3n) is 3.01. The van der Waals surface area contributed by atoms with Crippen LogP contribution in [0, 0.1) is 5.82 Å². The van der Waals surface area contributed by atoms with E-state index >= 15 is 0 Å². The Hall–Kier alpha value is -3.02. The van der Waals surface area contributed by atoms with E-state index in [9.17, 15) is 9.18 Å². The Labute approximate surface area is 119 Å². The van der Waals surface area contributed by atoms with Gasteiger partial charge in [-0.25, -0.2) is 4.39 Å². The fourth-order valence-electron chi connectivity index (χ4n) is 2.01. The molecule has 0 spiro atoms. The molecule has 21 heavy (non-hydrogen) atoms. The van der Waals surface area contributed by atoms with Crippen molar-refractivity contribution in [1.29, 1.82) is 0 Å². The lowest BCUT2D eigenvalue weighted by Crippen LogP contribution is -2.14. The molecule has 0 aliphatic heterocycles. The number of nitrogen functional groups attached to an aromatic ring is 1. The Morgan fingerprint density at radius 3 is 2.76 bits per heavy atom. The molecule has 1 amide bonds. The van der Waals surface area contributed by atoms with Gasteiger partial charge in [0.25, 0.3) is 5.91 Å². The SMILES string of the molecule is Nc1cc(F)ccc1NC(=O)c1cccc2nccnc12. The van der Waals surface area contributed by atoms with Gasteiger partial charge in [-0.3, -0.25) is 14.8 Å². The van der Waals surface area contributed by atoms with E-state index in [-0.39, 0.29) is 11.6 Å². The van der Waals surface area contributed by atoms with Crippen LogP contribution in [0.4, 0.5) is 15.8 Å². The van der Waals surface area contributed by atoms with Gasteiger partial charge in [0.05, 0.1) is 22.5 Å². The number of amides is 1. The number of nitrogens with one attached hydrogen (secondary N) is 1. The predicted molar refractivity (Wildman–Crippen MR) is 78.3 cm³/mol. The second-order valence-corrected chi connectivity index (χ2v) is 4.42. The normalized spacial score (nSPS) is 10.5. The number of hydrogen-bond donors (Lipinski definition) is 2. The molecule has 3 N–H and O–H groups in total. The van der Waals surface area contributed by atoms with Gasteiger partial charge in [0.15, 0.2) is 0 Å². The molecule has 3 aromatic rings. The molecule has 3 rings (SSSR count). The van der Waals surface area contributed by atoms with Crippen molar-refractivity contribution in [2.45, 2.75) is 0 Å². The van der Waals surface area contributed by atoms with Crippen molar-refractivity contribution in [2.24, 2.45) is 0 Å². The maximum absolute atomic E-state index is 13.0. The van der Waals surface area contributed by atoms with Crippen LogP contribution in [0.15, 0.2) is 48.8 Å². The molecule has 5 nitrogen and oxygen atoms in total. The van der Waals surface area contributed by atoms with E-state index in [1.807, 2.05) is 0 Å². The predicted octanol–water partition coefficient (Wildman–Crippen LogP) is 2.60. The zero-order valence-corrected chi connectivity index (χ0v) is 10.9. The standard InChI is InChI=1S/C15H11FN4O/c16-9-4-5-12(11(17)8-9)20-15(21)10-2-1-3-13-14(10)19-7-6-18-13/h1-8H,17H2,(H,20,21). The fraction of sp³-hybridized carbons (Fsp3) is 0. The van der Waals surface area contributed by atoms with Crippen molar-refractivity contribution < 1.29 is 9.18 Å². The van der Waals surface area contributed by atoms with E-state index in [1.165, 1.54) is 18.3 Å². The van der Waals surface area contributed by atoms with Gasteiger partial charge in [-0.15, -0.1) is 0 Å². The number of carbonyl (C=O) groups excluding carboxylic acids is 1. The van der Waals surface area contributed by atoms with Crippen LogP contribution in [0.3, 0.4) is 0 Å². The minimum Gasteiger partial charge on any atom is -0.397 e. The Morgan fingerprint density at radius 1 is 1.14 bits per heavy atom. The van der Waals surface area contributed by atoms with Crippen molar-refractivity contribution in [3.05, 3.63) is 60.2 Å². The lowest BCUT2D eigenvalue weighted by atomic mass is 10.1. The molecule has 0 aliphatic carbocycles. The third-order valence-corrected chi connectivity index (χ3v) is 3.01. The van der Waals surface area contributed by atoms with E-state index in [0.29, 0.717) is 22.3 Å². The van der Waals surface area contributed by atoms with E-state index in [1.54, 1.807) is 24.4 Å². The lowest BCUT2D eigenvalue weighted by molar-refractivity contribution is 0.102. The molecule has 0 unspecified atom stereocenters. The van der Waals surface area contributed by atoms with E-state index in [2.05, 4.69) is 15.3 Å². The van der Waals surface area contributed by atoms with Gasteiger partial charge in [0.1, 0.15) is 11.3 Å². The highest BCUT2D eigenvalue weighted by Gasteiger charge is 2.13. The minimum atomic E-state index is -0.457. The van der Waals surface area contributed by atoms with Crippen LogP contribution in [0.1, 0.15) is 10.4 Å². The molecule has 104 valence electrons. The van der Waals surface area contributed by atoms with Crippen LogP contribution >= 0.6 is 0 Å². The number of nitrogens with two attached hydrogens (primary N) is 1. The largest absolute Gasteiger partial charge is 0.397 e. The van der Waals surface area contributed by atoms with Gasteiger partial charge in [0, 0.05) is 12.4 Å². The van der Waals surface area contributed by atoms with Crippen LogP contribution in [0.5, 0.6) is 0 Å². The van der Waals surface area contributed by atoms with Gasteiger partial charge in [-0.1, -0.05) is 6.07 Å². The van der Waals surface area contributed by atoms with Crippen molar-refractivity contribution in [2.75, 3.05) is 11.1 Å². The van der Waals surface area contributed by atoms with Gasteiger partial charge in [-0.2, -0.15) is 0 Å². The maximum atomic E-state index is 13.0. The highest BCUT2D eigenvalue weighted by atomic mass is 19.1. The number of rotatable bonds is 2. The maximum Gasteiger partial charge on any atom is 0.257 e. The average Bonchev–Trinajstić information content (AvgIpc) is 2.49. The van der Waals surface area contributed by atoms with Crippen LogP contribution in [0.25, 0.3) is 11.0 Å². The van der Waals surface area contributed by atoms with E-state index < -0.39 is 5.82 Å². The van der Waals surface area contributed by atoms with Gasteiger partial charge < -0.3 is 11.1 Å². The number of para-hydroxylation sites is 1. The molecule has 0 saturated heterocycles. The van der Waals surface area contributed by atoms with Gasteiger partial charge >= 0.3 is 0 Å². The minimum absolute atomic E-state index is 0.162. The van der Waals surface area contributed by atoms with Crippen molar-refractivity contribution in [3.63, 3.8) is 0 Å². The Balaban J connectivity index is 1.97. The second kappa shape index (κ2) is 5.16. The molecular weight excluding hydrogens is 271 g/mol. The molecule has 0 bridgehead atoms. The van der Waals surface area contributed by atoms with E-state index in [4.69, 9.17) is 5.73 Å². The summed E-state index contributed by atoms with van der Waals surface area (Å²) in [5.74, 6) is -0.832.